The van der Waals surface area contributed by atoms with Crippen molar-refractivity contribution in [2.75, 3.05) is 12.4 Å². The number of anilines is 1. The highest BCUT2D eigenvalue weighted by Crippen LogP contribution is 2.28. The normalized spacial score (nSPS) is 23.0. The lowest BCUT2D eigenvalue weighted by molar-refractivity contribution is -0.130. The van der Waals surface area contributed by atoms with Gasteiger partial charge in [0.25, 0.3) is 5.91 Å². The summed E-state index contributed by atoms with van der Waals surface area (Å²) in [6.07, 6.45) is 0. The summed E-state index contributed by atoms with van der Waals surface area (Å²) < 4.78 is 0. The molecule has 0 aliphatic carbocycles. The van der Waals surface area contributed by atoms with Gasteiger partial charge in [0, 0.05) is 12.7 Å². The molecule has 1 aromatic rings. The van der Waals surface area contributed by atoms with E-state index >= 15 is 0 Å². The van der Waals surface area contributed by atoms with Gasteiger partial charge in [-0.3, -0.25) is 14.5 Å². The monoisotopic (exact) mass is 309 g/mol. The van der Waals surface area contributed by atoms with Crippen LogP contribution in [-0.2, 0) is 15.1 Å². The van der Waals surface area contributed by atoms with E-state index in [1.54, 1.807) is 38.1 Å². The lowest BCUT2D eigenvalue weighted by Gasteiger charge is -2.22. The van der Waals surface area contributed by atoms with Gasteiger partial charge in [0.15, 0.2) is 0 Å². The van der Waals surface area contributed by atoms with Crippen LogP contribution in [0.5, 0.6) is 0 Å². The van der Waals surface area contributed by atoms with E-state index in [4.69, 9.17) is 11.6 Å². The fourth-order valence-electron chi connectivity index (χ4n) is 2.10. The molecule has 7 heteroatoms. The zero-order valence-corrected chi connectivity index (χ0v) is 12.7. The highest BCUT2D eigenvalue weighted by atomic mass is 35.5. The topological polar surface area (TPSA) is 78.5 Å². The molecule has 2 N–H and O–H groups in total. The first-order valence-electron chi connectivity index (χ1n) is 6.41. The molecule has 1 aromatic carbocycles. The minimum Gasteiger partial charge on any atom is -0.325 e. The Kier molecular flexibility index (Phi) is 3.91. The van der Waals surface area contributed by atoms with Crippen molar-refractivity contribution >= 4 is 35.1 Å². The molecule has 21 heavy (non-hydrogen) atoms. The van der Waals surface area contributed by atoms with Crippen LogP contribution in [0.15, 0.2) is 24.3 Å². The maximum atomic E-state index is 12.1. The molecule has 1 saturated heterocycles. The highest BCUT2D eigenvalue weighted by Gasteiger charge is 2.47. The zero-order valence-electron chi connectivity index (χ0n) is 11.9. The largest absolute Gasteiger partial charge is 0.325 e. The van der Waals surface area contributed by atoms with E-state index in [0.29, 0.717) is 11.3 Å². The van der Waals surface area contributed by atoms with E-state index in [-0.39, 0.29) is 11.8 Å². The van der Waals surface area contributed by atoms with E-state index in [9.17, 15) is 14.4 Å². The van der Waals surface area contributed by atoms with Crippen LogP contribution < -0.4 is 10.6 Å². The first-order valence-corrected chi connectivity index (χ1v) is 6.85. The minimum atomic E-state index is -1.09. The Bertz CT molecular complexity index is 600. The summed E-state index contributed by atoms with van der Waals surface area (Å²) in [7, 11) is 1.43. The van der Waals surface area contributed by atoms with E-state index in [0.717, 1.165) is 4.90 Å². The Labute approximate surface area is 127 Å². The van der Waals surface area contributed by atoms with E-state index in [1.165, 1.54) is 7.05 Å². The first kappa shape index (κ1) is 15.3. The maximum Gasteiger partial charge on any atom is 0.325 e. The summed E-state index contributed by atoms with van der Waals surface area (Å²) in [4.78, 5) is 36.3. The van der Waals surface area contributed by atoms with Crippen molar-refractivity contribution in [3.8, 4) is 0 Å². The summed E-state index contributed by atoms with van der Waals surface area (Å²) in [6, 6.07) is 6.26. The van der Waals surface area contributed by atoms with Crippen molar-refractivity contribution in [1.29, 1.82) is 0 Å². The van der Waals surface area contributed by atoms with Gasteiger partial charge in [-0.2, -0.15) is 0 Å². The van der Waals surface area contributed by atoms with Gasteiger partial charge in [-0.1, -0.05) is 12.1 Å². The molecule has 2 rings (SSSR count). The zero-order chi connectivity index (χ0) is 15.8. The molecule has 1 heterocycles. The van der Waals surface area contributed by atoms with Crippen molar-refractivity contribution in [3.63, 3.8) is 0 Å². The number of urea groups is 1. The molecule has 0 radical (unpaired) electrons. The fourth-order valence-corrected chi connectivity index (χ4v) is 2.16. The molecule has 0 spiro atoms. The summed E-state index contributed by atoms with van der Waals surface area (Å²) in [5, 5.41) is 4.67. The number of halogens is 1. The molecule has 1 aliphatic heterocycles. The molecule has 0 saturated carbocycles. The number of imide groups is 1. The lowest BCUT2D eigenvalue weighted by Crippen LogP contribution is -2.40. The van der Waals surface area contributed by atoms with Crippen LogP contribution in [0.4, 0.5) is 10.5 Å². The predicted molar refractivity (Wildman–Crippen MR) is 79.0 cm³/mol. The Morgan fingerprint density at radius 2 is 1.90 bits per heavy atom. The van der Waals surface area contributed by atoms with Crippen LogP contribution in [0.2, 0.25) is 0 Å². The van der Waals surface area contributed by atoms with Crippen molar-refractivity contribution in [1.82, 2.24) is 10.2 Å². The number of alkyl halides is 1. The Morgan fingerprint density at radius 3 is 2.33 bits per heavy atom. The first-order chi connectivity index (χ1) is 9.75. The molecule has 1 aliphatic rings. The summed E-state index contributed by atoms with van der Waals surface area (Å²) in [6.45, 7) is 3.22. The molecule has 2 atom stereocenters. The van der Waals surface area contributed by atoms with Gasteiger partial charge in [0.1, 0.15) is 10.9 Å². The molecule has 2 unspecified atom stereocenters. The number of carbonyl (C=O) groups excluding carboxylic acids is 3. The van der Waals surface area contributed by atoms with Crippen LogP contribution in [-0.4, -0.2) is 35.2 Å². The predicted octanol–water partition coefficient (Wildman–Crippen LogP) is 1.65. The molecule has 6 nitrogen and oxygen atoms in total. The molecule has 4 amide bonds. The van der Waals surface area contributed by atoms with E-state index in [2.05, 4.69) is 10.6 Å². The van der Waals surface area contributed by atoms with Crippen LogP contribution in [0.25, 0.3) is 0 Å². The molecular weight excluding hydrogens is 294 g/mol. The van der Waals surface area contributed by atoms with Gasteiger partial charge in [-0.05, 0) is 31.5 Å². The quantitative estimate of drug-likeness (QED) is 0.658. The van der Waals surface area contributed by atoms with Gasteiger partial charge >= 0.3 is 6.03 Å². The van der Waals surface area contributed by atoms with Crippen LogP contribution in [0.1, 0.15) is 19.4 Å². The number of carbonyl (C=O) groups is 3. The third-order valence-electron chi connectivity index (χ3n) is 3.49. The Hall–Kier alpha value is -2.08. The number of hydrogen-bond donors (Lipinski definition) is 2. The number of nitrogens with zero attached hydrogens (tertiary/aromatic N) is 1. The van der Waals surface area contributed by atoms with Gasteiger partial charge in [-0.25, -0.2) is 4.79 Å². The van der Waals surface area contributed by atoms with Gasteiger partial charge in [-0.15, -0.1) is 11.6 Å². The SMILES string of the molecule is CC(Cl)C(=O)Nc1ccc(C2(C)NC(=O)N(C)C2=O)cc1. The molecular formula is C14H16ClN3O3. The van der Waals surface area contributed by atoms with E-state index < -0.39 is 16.9 Å². The van der Waals surface area contributed by atoms with Crippen molar-refractivity contribution in [2.45, 2.75) is 24.8 Å². The standard InChI is InChI=1S/C14H16ClN3O3/c1-8(15)11(19)16-10-6-4-9(5-7-10)14(2)12(20)18(3)13(21)17-14/h4-8H,1-3H3,(H,16,19)(H,17,21). The third kappa shape index (κ3) is 2.71. The second kappa shape index (κ2) is 5.37. The minimum absolute atomic E-state index is 0.305. The highest BCUT2D eigenvalue weighted by molar-refractivity contribution is 6.32. The van der Waals surface area contributed by atoms with E-state index in [1.807, 2.05) is 0 Å². The third-order valence-corrected chi connectivity index (χ3v) is 3.68. The van der Waals surface area contributed by atoms with Gasteiger partial charge in [0.05, 0.1) is 0 Å². The molecule has 0 aromatic heterocycles. The Balaban J connectivity index is 2.22. The summed E-state index contributed by atoms with van der Waals surface area (Å²) >= 11 is 5.68. The summed E-state index contributed by atoms with van der Waals surface area (Å²) in [5.41, 5.74) is 0.126. The van der Waals surface area contributed by atoms with Gasteiger partial charge < -0.3 is 10.6 Å². The average molecular weight is 310 g/mol. The molecule has 112 valence electrons. The van der Waals surface area contributed by atoms with Crippen LogP contribution >= 0.6 is 11.6 Å². The number of benzene rings is 1. The fraction of sp³-hybridized carbons (Fsp3) is 0.357. The summed E-state index contributed by atoms with van der Waals surface area (Å²) in [5.74, 6) is -0.626. The molecule has 0 bridgehead atoms. The molecule has 1 fully saturated rings. The number of hydrogen-bond acceptors (Lipinski definition) is 3. The average Bonchev–Trinajstić information content (AvgIpc) is 2.64. The second-order valence-electron chi connectivity index (χ2n) is 5.10. The van der Waals surface area contributed by atoms with Crippen LogP contribution in [0.3, 0.4) is 0 Å². The van der Waals surface area contributed by atoms with Crippen LogP contribution in [0, 0.1) is 0 Å². The number of rotatable bonds is 3. The second-order valence-corrected chi connectivity index (χ2v) is 5.76. The van der Waals surface area contributed by atoms with Crippen molar-refractivity contribution in [2.24, 2.45) is 0 Å². The van der Waals surface area contributed by atoms with Crippen molar-refractivity contribution < 1.29 is 14.4 Å². The van der Waals surface area contributed by atoms with Gasteiger partial charge in [0.2, 0.25) is 5.91 Å². The Morgan fingerprint density at radius 1 is 1.33 bits per heavy atom. The number of likely N-dealkylation sites (N-methyl/N-ethyl adjacent to an activating group) is 1. The van der Waals surface area contributed by atoms with Crippen molar-refractivity contribution in [3.05, 3.63) is 29.8 Å². The maximum absolute atomic E-state index is 12.1. The lowest BCUT2D eigenvalue weighted by atomic mass is 9.92. The number of nitrogens with one attached hydrogen (secondary N) is 2. The number of amides is 4. The smallest absolute Gasteiger partial charge is 0.325 e.